The largest absolute Gasteiger partial charge is 0.461 e. The molecule has 0 unspecified atom stereocenters. The van der Waals surface area contributed by atoms with Gasteiger partial charge in [-0.15, -0.1) is 11.3 Å². The molecule has 1 aliphatic rings. The number of fused-ring (bicyclic) bond motifs is 1. The summed E-state index contributed by atoms with van der Waals surface area (Å²) in [4.78, 5) is 26.9. The Bertz CT molecular complexity index is 1290. The van der Waals surface area contributed by atoms with Crippen molar-refractivity contribution < 1.29 is 19.7 Å². The third-order valence-electron chi connectivity index (χ3n) is 6.01. The van der Waals surface area contributed by atoms with E-state index >= 15 is 0 Å². The van der Waals surface area contributed by atoms with Gasteiger partial charge in [0.05, 0.1) is 12.0 Å². The molecule has 8 nitrogen and oxygen atoms in total. The number of carbonyl (C=O) groups excluding carboxylic acids is 1. The van der Waals surface area contributed by atoms with Gasteiger partial charge < -0.3 is 24.7 Å². The Balaban J connectivity index is 1.26. The van der Waals surface area contributed by atoms with Crippen LogP contribution >= 0.6 is 11.3 Å². The Morgan fingerprint density at radius 3 is 2.40 bits per heavy atom. The lowest BCUT2D eigenvalue weighted by atomic mass is 10.0. The van der Waals surface area contributed by atoms with Crippen LogP contribution in [-0.4, -0.2) is 76.5 Å². The van der Waals surface area contributed by atoms with E-state index in [0.717, 1.165) is 27.2 Å². The summed E-state index contributed by atoms with van der Waals surface area (Å²) in [6, 6.07) is 20.0. The fraction of sp³-hybridized carbons (Fsp3) is 0.269. The monoisotopic (exact) mass is 490 g/mol. The predicted molar refractivity (Wildman–Crippen MR) is 136 cm³/mol. The van der Waals surface area contributed by atoms with Crippen LogP contribution in [0.25, 0.3) is 21.3 Å². The van der Waals surface area contributed by atoms with Crippen LogP contribution in [0.2, 0.25) is 0 Å². The van der Waals surface area contributed by atoms with Crippen LogP contribution in [0.3, 0.4) is 0 Å². The second-order valence-electron chi connectivity index (χ2n) is 8.34. The van der Waals surface area contributed by atoms with Crippen LogP contribution in [0.15, 0.2) is 66.0 Å². The molecule has 0 radical (unpaired) electrons. The standard InChI is InChI=1S/C26H26N4O4S/c31-16-21(32)17-34-26-27-23(22-10-15-35-24(22)28-26)29-11-13-30(14-12-29)25(33)20-8-6-19(7-9-20)18-4-2-1-3-5-18/h1-10,15,21,31-32H,11-14,16-17H2/t21-/m1/s1. The molecule has 0 bridgehead atoms. The third kappa shape index (κ3) is 5.12. The fourth-order valence-corrected chi connectivity index (χ4v) is 4.84. The van der Waals surface area contributed by atoms with Gasteiger partial charge in [0.2, 0.25) is 0 Å². The van der Waals surface area contributed by atoms with Gasteiger partial charge in [-0.3, -0.25) is 4.79 Å². The molecule has 0 spiro atoms. The van der Waals surface area contributed by atoms with E-state index in [9.17, 15) is 9.90 Å². The summed E-state index contributed by atoms with van der Waals surface area (Å²) < 4.78 is 5.51. The van der Waals surface area contributed by atoms with Gasteiger partial charge in [0.25, 0.3) is 5.91 Å². The Hall–Kier alpha value is -3.53. The molecule has 5 rings (SSSR count). The molecule has 1 amide bonds. The van der Waals surface area contributed by atoms with Gasteiger partial charge in [-0.05, 0) is 34.7 Å². The molecule has 1 atom stereocenters. The first-order valence-electron chi connectivity index (χ1n) is 11.5. The van der Waals surface area contributed by atoms with E-state index < -0.39 is 6.10 Å². The van der Waals surface area contributed by atoms with Crippen LogP contribution < -0.4 is 9.64 Å². The average Bonchev–Trinajstić information content (AvgIpc) is 3.40. The molecule has 9 heteroatoms. The number of aliphatic hydroxyl groups excluding tert-OH is 2. The van der Waals surface area contributed by atoms with Crippen LogP contribution in [0, 0.1) is 0 Å². The van der Waals surface area contributed by atoms with Crippen molar-refractivity contribution in [1.82, 2.24) is 14.9 Å². The lowest BCUT2D eigenvalue weighted by Crippen LogP contribution is -2.49. The lowest BCUT2D eigenvalue weighted by Gasteiger charge is -2.35. The summed E-state index contributed by atoms with van der Waals surface area (Å²) in [6.45, 7) is 1.95. The molecule has 180 valence electrons. The molecule has 4 aromatic rings. The van der Waals surface area contributed by atoms with Crippen molar-refractivity contribution in [3.8, 4) is 17.1 Å². The molecule has 35 heavy (non-hydrogen) atoms. The normalized spacial score (nSPS) is 14.8. The molecule has 0 saturated carbocycles. The van der Waals surface area contributed by atoms with Gasteiger partial charge in [0, 0.05) is 31.7 Å². The fourth-order valence-electron chi connectivity index (χ4n) is 4.09. The minimum absolute atomic E-state index is 0.0228. The van der Waals surface area contributed by atoms with Crippen molar-refractivity contribution in [3.63, 3.8) is 0 Å². The van der Waals surface area contributed by atoms with Crippen LogP contribution in [-0.2, 0) is 0 Å². The maximum absolute atomic E-state index is 13.1. The summed E-state index contributed by atoms with van der Waals surface area (Å²) in [7, 11) is 0. The van der Waals surface area contributed by atoms with E-state index in [1.807, 2.05) is 58.8 Å². The van der Waals surface area contributed by atoms with Gasteiger partial charge >= 0.3 is 6.01 Å². The number of hydrogen-bond acceptors (Lipinski definition) is 8. The minimum atomic E-state index is -0.989. The molecule has 3 heterocycles. The van der Waals surface area contributed by atoms with Crippen molar-refractivity contribution in [2.24, 2.45) is 0 Å². The minimum Gasteiger partial charge on any atom is -0.461 e. The quantitative estimate of drug-likeness (QED) is 0.411. The SMILES string of the molecule is O=C(c1ccc(-c2ccccc2)cc1)N1CCN(c2nc(OC[C@H](O)CO)nc3sccc23)CC1. The molecule has 1 saturated heterocycles. The lowest BCUT2D eigenvalue weighted by molar-refractivity contribution is 0.0506. The smallest absolute Gasteiger partial charge is 0.319 e. The molecule has 0 aliphatic carbocycles. The zero-order valence-corrected chi connectivity index (χ0v) is 19.9. The maximum atomic E-state index is 13.1. The number of aromatic nitrogens is 2. The number of nitrogens with zero attached hydrogens (tertiary/aromatic N) is 4. The number of amides is 1. The molecule has 2 aromatic heterocycles. The Morgan fingerprint density at radius 1 is 0.971 bits per heavy atom. The van der Waals surface area contributed by atoms with Gasteiger partial charge in [0.15, 0.2) is 0 Å². The van der Waals surface area contributed by atoms with E-state index in [1.165, 1.54) is 11.3 Å². The first kappa shape index (κ1) is 23.2. The van der Waals surface area contributed by atoms with Crippen LogP contribution in [0.1, 0.15) is 10.4 Å². The summed E-state index contributed by atoms with van der Waals surface area (Å²) in [5.74, 6) is 0.777. The topological polar surface area (TPSA) is 99.0 Å². The number of hydrogen-bond donors (Lipinski definition) is 2. The highest BCUT2D eigenvalue weighted by Gasteiger charge is 2.25. The second-order valence-corrected chi connectivity index (χ2v) is 9.23. The summed E-state index contributed by atoms with van der Waals surface area (Å²) in [5.41, 5.74) is 2.89. The van der Waals surface area contributed by atoms with Crippen molar-refractivity contribution in [2.45, 2.75) is 6.10 Å². The molecular weight excluding hydrogens is 464 g/mol. The average molecular weight is 491 g/mol. The molecule has 1 aliphatic heterocycles. The van der Waals surface area contributed by atoms with E-state index in [2.05, 4.69) is 27.0 Å². The van der Waals surface area contributed by atoms with Crippen molar-refractivity contribution in [3.05, 3.63) is 71.6 Å². The van der Waals surface area contributed by atoms with Gasteiger partial charge in [-0.2, -0.15) is 9.97 Å². The number of anilines is 1. The summed E-state index contributed by atoms with van der Waals surface area (Å²) >= 11 is 1.49. The van der Waals surface area contributed by atoms with Crippen LogP contribution in [0.5, 0.6) is 6.01 Å². The van der Waals surface area contributed by atoms with Crippen molar-refractivity contribution >= 4 is 33.3 Å². The zero-order valence-electron chi connectivity index (χ0n) is 19.1. The van der Waals surface area contributed by atoms with E-state index in [4.69, 9.17) is 9.84 Å². The van der Waals surface area contributed by atoms with Crippen molar-refractivity contribution in [1.29, 1.82) is 0 Å². The molecular formula is C26H26N4O4S. The van der Waals surface area contributed by atoms with Crippen molar-refractivity contribution in [2.75, 3.05) is 44.3 Å². The second kappa shape index (κ2) is 10.4. The van der Waals surface area contributed by atoms with E-state index in [0.29, 0.717) is 31.7 Å². The molecule has 1 fully saturated rings. The highest BCUT2D eigenvalue weighted by molar-refractivity contribution is 7.16. The number of ether oxygens (including phenoxy) is 1. The highest BCUT2D eigenvalue weighted by atomic mass is 32.1. The summed E-state index contributed by atoms with van der Waals surface area (Å²) in [6.07, 6.45) is -0.989. The Morgan fingerprint density at radius 2 is 1.69 bits per heavy atom. The number of rotatable bonds is 7. The third-order valence-corrected chi connectivity index (χ3v) is 6.81. The molecule has 2 N–H and O–H groups in total. The first-order valence-corrected chi connectivity index (χ1v) is 12.4. The number of benzene rings is 2. The van der Waals surface area contributed by atoms with E-state index in [1.54, 1.807) is 0 Å². The van der Waals surface area contributed by atoms with E-state index in [-0.39, 0.29) is 25.1 Å². The number of carbonyl (C=O) groups is 1. The van der Waals surface area contributed by atoms with Crippen LogP contribution in [0.4, 0.5) is 5.82 Å². The summed E-state index contributed by atoms with van der Waals surface area (Å²) in [5, 5.41) is 21.5. The van der Waals surface area contributed by atoms with Gasteiger partial charge in [-0.1, -0.05) is 42.5 Å². The zero-order chi connectivity index (χ0) is 24.2. The maximum Gasteiger partial charge on any atom is 0.319 e. The Labute approximate surface area is 207 Å². The molecule has 2 aromatic carbocycles. The Kier molecular flexibility index (Phi) is 6.89. The number of aliphatic hydroxyl groups is 2. The van der Waals surface area contributed by atoms with Gasteiger partial charge in [-0.25, -0.2) is 0 Å². The van der Waals surface area contributed by atoms with Gasteiger partial charge in [0.1, 0.15) is 23.4 Å². The highest BCUT2D eigenvalue weighted by Crippen LogP contribution is 2.30. The predicted octanol–water partition coefficient (Wildman–Crippen LogP) is 3.05. The first-order chi connectivity index (χ1) is 17.1. The number of thiophene rings is 1. The number of piperazine rings is 1.